The van der Waals surface area contributed by atoms with Gasteiger partial charge in [0.25, 0.3) is 0 Å². The Bertz CT molecular complexity index is 391. The fourth-order valence-corrected chi connectivity index (χ4v) is 2.74. The molecule has 0 atom stereocenters. The lowest BCUT2D eigenvalue weighted by Crippen LogP contribution is -2.23. The Morgan fingerprint density at radius 2 is 1.61 bits per heavy atom. The summed E-state index contributed by atoms with van der Waals surface area (Å²) in [5.41, 5.74) is 2.67. The molecular weight excluding hydrogens is 218 g/mol. The van der Waals surface area contributed by atoms with Gasteiger partial charge in [0.2, 0.25) is 0 Å². The highest BCUT2D eigenvalue weighted by molar-refractivity contribution is 6.02. The normalized spacial score (nSPS) is 18.9. The van der Waals surface area contributed by atoms with Gasteiger partial charge in [-0.15, -0.1) is 0 Å². The summed E-state index contributed by atoms with van der Waals surface area (Å²) < 4.78 is 0. The van der Waals surface area contributed by atoms with Gasteiger partial charge in [-0.2, -0.15) is 0 Å². The van der Waals surface area contributed by atoms with Gasteiger partial charge < -0.3 is 0 Å². The Morgan fingerprint density at radius 1 is 1.00 bits per heavy atom. The van der Waals surface area contributed by atoms with E-state index in [4.69, 9.17) is 4.99 Å². The zero-order valence-corrected chi connectivity index (χ0v) is 11.9. The van der Waals surface area contributed by atoms with Gasteiger partial charge in [0.05, 0.1) is 5.54 Å². The third-order valence-corrected chi connectivity index (χ3v) is 3.52. The molecule has 1 saturated carbocycles. The third-order valence-electron chi connectivity index (χ3n) is 3.52. The van der Waals surface area contributed by atoms with E-state index >= 15 is 0 Å². The Labute approximate surface area is 111 Å². The molecule has 1 fully saturated rings. The fraction of sp³-hybridized carbons (Fsp3) is 0.588. The lowest BCUT2D eigenvalue weighted by Gasteiger charge is -2.26. The van der Waals surface area contributed by atoms with E-state index in [2.05, 4.69) is 51.1 Å². The number of hydrogen-bond donors (Lipinski definition) is 0. The maximum Gasteiger partial charge on any atom is 0.0527 e. The molecule has 18 heavy (non-hydrogen) atoms. The predicted molar refractivity (Wildman–Crippen MR) is 79.3 cm³/mol. The van der Waals surface area contributed by atoms with E-state index in [0.717, 1.165) is 0 Å². The zero-order valence-electron chi connectivity index (χ0n) is 11.9. The van der Waals surface area contributed by atoms with Gasteiger partial charge in [-0.05, 0) is 39.2 Å². The monoisotopic (exact) mass is 243 g/mol. The molecule has 0 N–H and O–H groups in total. The highest BCUT2D eigenvalue weighted by Crippen LogP contribution is 2.29. The molecular formula is C17H25N. The lowest BCUT2D eigenvalue weighted by atomic mass is 9.83. The standard InChI is InChI=1S/C17H25N/c1-17(2,3)18-16(14-10-6-4-7-11-14)15-12-8-5-9-13-15/h4,6-7,10-11,15H,5,8-9,12-13H2,1-3H3/b18-16-. The van der Waals surface area contributed by atoms with Crippen molar-refractivity contribution in [1.29, 1.82) is 0 Å². The summed E-state index contributed by atoms with van der Waals surface area (Å²) in [6.07, 6.45) is 6.74. The highest BCUT2D eigenvalue weighted by Gasteiger charge is 2.22. The van der Waals surface area contributed by atoms with Crippen LogP contribution >= 0.6 is 0 Å². The minimum atomic E-state index is 0.0165. The summed E-state index contributed by atoms with van der Waals surface area (Å²) in [5, 5.41) is 0. The molecule has 1 aromatic rings. The van der Waals surface area contributed by atoms with Crippen LogP contribution in [-0.4, -0.2) is 11.3 Å². The average Bonchev–Trinajstić information content (AvgIpc) is 2.37. The fourth-order valence-electron chi connectivity index (χ4n) is 2.74. The summed E-state index contributed by atoms with van der Waals surface area (Å²) in [6.45, 7) is 6.58. The van der Waals surface area contributed by atoms with Crippen molar-refractivity contribution in [2.45, 2.75) is 58.4 Å². The van der Waals surface area contributed by atoms with Crippen LogP contribution in [0.4, 0.5) is 0 Å². The molecule has 0 amide bonds. The molecule has 1 heteroatoms. The second-order valence-corrected chi connectivity index (χ2v) is 6.37. The van der Waals surface area contributed by atoms with Crippen LogP contribution in [0.3, 0.4) is 0 Å². The number of aliphatic imine (C=N–C) groups is 1. The Kier molecular flexibility index (Phi) is 4.21. The van der Waals surface area contributed by atoms with Gasteiger partial charge in [0, 0.05) is 11.6 Å². The molecule has 1 aliphatic rings. The molecule has 0 unspecified atom stereocenters. The van der Waals surface area contributed by atoms with Crippen LogP contribution < -0.4 is 0 Å². The van der Waals surface area contributed by atoms with Crippen molar-refractivity contribution in [3.63, 3.8) is 0 Å². The van der Waals surface area contributed by atoms with Crippen molar-refractivity contribution in [2.75, 3.05) is 0 Å². The van der Waals surface area contributed by atoms with Crippen LogP contribution in [0.5, 0.6) is 0 Å². The van der Waals surface area contributed by atoms with Crippen molar-refractivity contribution in [2.24, 2.45) is 10.9 Å². The van der Waals surface area contributed by atoms with Crippen LogP contribution in [0.1, 0.15) is 58.4 Å². The third kappa shape index (κ3) is 3.69. The van der Waals surface area contributed by atoms with E-state index in [0.29, 0.717) is 5.92 Å². The first-order chi connectivity index (χ1) is 8.56. The van der Waals surface area contributed by atoms with E-state index in [1.807, 2.05) is 0 Å². The first-order valence-corrected chi connectivity index (χ1v) is 7.21. The smallest absolute Gasteiger partial charge is 0.0527 e. The molecule has 0 heterocycles. The van der Waals surface area contributed by atoms with Gasteiger partial charge in [0.15, 0.2) is 0 Å². The molecule has 98 valence electrons. The lowest BCUT2D eigenvalue weighted by molar-refractivity contribution is 0.435. The van der Waals surface area contributed by atoms with Gasteiger partial charge >= 0.3 is 0 Å². The Morgan fingerprint density at radius 3 is 2.17 bits per heavy atom. The molecule has 0 aliphatic heterocycles. The second-order valence-electron chi connectivity index (χ2n) is 6.37. The molecule has 1 aliphatic carbocycles. The van der Waals surface area contributed by atoms with Crippen molar-refractivity contribution >= 4 is 5.71 Å². The summed E-state index contributed by atoms with van der Waals surface area (Å²) in [4.78, 5) is 5.02. The van der Waals surface area contributed by atoms with E-state index in [1.165, 1.54) is 43.4 Å². The van der Waals surface area contributed by atoms with Crippen LogP contribution in [0.25, 0.3) is 0 Å². The molecule has 0 spiro atoms. The van der Waals surface area contributed by atoms with E-state index in [9.17, 15) is 0 Å². The molecule has 0 radical (unpaired) electrons. The van der Waals surface area contributed by atoms with Crippen molar-refractivity contribution in [1.82, 2.24) is 0 Å². The molecule has 1 nitrogen and oxygen atoms in total. The van der Waals surface area contributed by atoms with E-state index in [1.54, 1.807) is 0 Å². The summed E-state index contributed by atoms with van der Waals surface area (Å²) in [7, 11) is 0. The predicted octanol–water partition coefficient (Wildman–Crippen LogP) is 4.85. The first kappa shape index (κ1) is 13.3. The van der Waals surface area contributed by atoms with Gasteiger partial charge in [-0.25, -0.2) is 0 Å². The van der Waals surface area contributed by atoms with E-state index in [-0.39, 0.29) is 5.54 Å². The Hall–Kier alpha value is -1.11. The number of rotatable bonds is 2. The first-order valence-electron chi connectivity index (χ1n) is 7.21. The van der Waals surface area contributed by atoms with Crippen molar-refractivity contribution < 1.29 is 0 Å². The largest absolute Gasteiger partial charge is 0.283 e. The van der Waals surface area contributed by atoms with Gasteiger partial charge in [-0.3, -0.25) is 4.99 Å². The molecule has 0 aromatic heterocycles. The summed E-state index contributed by atoms with van der Waals surface area (Å²) in [5.74, 6) is 0.667. The quantitative estimate of drug-likeness (QED) is 0.658. The molecule has 0 bridgehead atoms. The molecule has 1 aromatic carbocycles. The average molecular weight is 243 g/mol. The minimum absolute atomic E-state index is 0.0165. The van der Waals surface area contributed by atoms with Gasteiger partial charge in [0.1, 0.15) is 0 Å². The highest BCUT2D eigenvalue weighted by atomic mass is 14.8. The van der Waals surface area contributed by atoms with Crippen LogP contribution in [0, 0.1) is 5.92 Å². The SMILES string of the molecule is CC(C)(C)/N=C(/c1ccccc1)C1CCCCC1. The molecule has 0 saturated heterocycles. The zero-order chi connectivity index (χ0) is 13.0. The maximum absolute atomic E-state index is 5.02. The van der Waals surface area contributed by atoms with Crippen LogP contribution in [0.15, 0.2) is 35.3 Å². The van der Waals surface area contributed by atoms with Gasteiger partial charge in [-0.1, -0.05) is 49.6 Å². The summed E-state index contributed by atoms with van der Waals surface area (Å²) in [6, 6.07) is 10.7. The summed E-state index contributed by atoms with van der Waals surface area (Å²) >= 11 is 0. The topological polar surface area (TPSA) is 12.4 Å². The number of benzene rings is 1. The molecule has 2 rings (SSSR count). The van der Waals surface area contributed by atoms with Crippen molar-refractivity contribution in [3.05, 3.63) is 35.9 Å². The maximum atomic E-state index is 5.02. The Balaban J connectivity index is 2.31. The van der Waals surface area contributed by atoms with Crippen LogP contribution in [-0.2, 0) is 0 Å². The van der Waals surface area contributed by atoms with E-state index < -0.39 is 0 Å². The second kappa shape index (κ2) is 5.69. The van der Waals surface area contributed by atoms with Crippen LogP contribution in [0.2, 0.25) is 0 Å². The number of nitrogens with zero attached hydrogens (tertiary/aromatic N) is 1. The van der Waals surface area contributed by atoms with Crippen molar-refractivity contribution in [3.8, 4) is 0 Å². The number of hydrogen-bond acceptors (Lipinski definition) is 1. The minimum Gasteiger partial charge on any atom is -0.283 e.